The van der Waals surface area contributed by atoms with Crippen LogP contribution in [0.25, 0.3) is 11.0 Å². The maximum atomic E-state index is 11.8. The normalized spacial score (nSPS) is 10.6. The molecule has 8 nitrogen and oxygen atoms in total. The average Bonchev–Trinajstić information content (AvgIpc) is 3.21. The zero-order chi connectivity index (χ0) is 16.1. The van der Waals surface area contributed by atoms with E-state index in [-0.39, 0.29) is 19.7 Å². The van der Waals surface area contributed by atoms with E-state index in [1.54, 1.807) is 24.3 Å². The summed E-state index contributed by atoms with van der Waals surface area (Å²) in [6.07, 6.45) is 1.52. The number of fused-ring (bicyclic) bond motifs is 1. The first-order valence-electron chi connectivity index (χ1n) is 6.95. The van der Waals surface area contributed by atoms with E-state index in [9.17, 15) is 9.59 Å². The highest BCUT2D eigenvalue weighted by Crippen LogP contribution is 2.09. The summed E-state index contributed by atoms with van der Waals surface area (Å²) in [6, 6.07) is 10.7. The van der Waals surface area contributed by atoms with Crippen molar-refractivity contribution in [3.05, 3.63) is 48.4 Å². The molecular formula is C15H14N4O4. The summed E-state index contributed by atoms with van der Waals surface area (Å²) in [5.74, 6) is -0.342. The van der Waals surface area contributed by atoms with Gasteiger partial charge >= 0.3 is 5.97 Å². The van der Waals surface area contributed by atoms with Crippen LogP contribution in [0.1, 0.15) is 5.76 Å². The van der Waals surface area contributed by atoms with E-state index in [0.29, 0.717) is 11.3 Å². The van der Waals surface area contributed by atoms with Gasteiger partial charge in [0.15, 0.2) is 6.61 Å². The Morgan fingerprint density at radius 1 is 1.22 bits per heavy atom. The highest BCUT2D eigenvalue weighted by molar-refractivity contribution is 5.81. The Morgan fingerprint density at radius 3 is 2.91 bits per heavy atom. The molecule has 23 heavy (non-hydrogen) atoms. The molecule has 0 aliphatic carbocycles. The summed E-state index contributed by atoms with van der Waals surface area (Å²) in [5, 5.41) is 10.4. The van der Waals surface area contributed by atoms with Crippen molar-refractivity contribution >= 4 is 22.9 Å². The van der Waals surface area contributed by atoms with E-state index in [4.69, 9.17) is 9.15 Å². The zero-order valence-electron chi connectivity index (χ0n) is 12.1. The third-order valence-corrected chi connectivity index (χ3v) is 3.10. The Kier molecular flexibility index (Phi) is 4.32. The number of amides is 1. The molecule has 0 aliphatic heterocycles. The van der Waals surface area contributed by atoms with Crippen LogP contribution in [0.3, 0.4) is 0 Å². The molecule has 3 rings (SSSR count). The summed E-state index contributed by atoms with van der Waals surface area (Å²) in [4.78, 5) is 23.4. The minimum atomic E-state index is -0.561. The van der Waals surface area contributed by atoms with E-state index < -0.39 is 11.9 Å². The first kappa shape index (κ1) is 14.8. The highest BCUT2D eigenvalue weighted by Gasteiger charge is 2.11. The van der Waals surface area contributed by atoms with Crippen molar-refractivity contribution in [3.8, 4) is 0 Å². The summed E-state index contributed by atoms with van der Waals surface area (Å²) in [7, 11) is 0. The number of rotatable bonds is 6. The third kappa shape index (κ3) is 3.73. The molecular weight excluding hydrogens is 300 g/mol. The van der Waals surface area contributed by atoms with E-state index in [1.807, 2.05) is 12.1 Å². The quantitative estimate of drug-likeness (QED) is 0.678. The third-order valence-electron chi connectivity index (χ3n) is 3.10. The number of hydrogen-bond acceptors (Lipinski definition) is 6. The van der Waals surface area contributed by atoms with Crippen LogP contribution in [-0.2, 0) is 27.4 Å². The van der Waals surface area contributed by atoms with Crippen LogP contribution in [0, 0.1) is 0 Å². The molecule has 0 saturated heterocycles. The molecule has 2 aromatic heterocycles. The van der Waals surface area contributed by atoms with Crippen LogP contribution >= 0.6 is 0 Å². The molecule has 0 radical (unpaired) electrons. The number of carbonyl (C=O) groups is 2. The van der Waals surface area contributed by atoms with Crippen LogP contribution in [0.2, 0.25) is 0 Å². The van der Waals surface area contributed by atoms with Crippen molar-refractivity contribution in [2.75, 3.05) is 6.61 Å². The van der Waals surface area contributed by atoms with Gasteiger partial charge in [0.1, 0.15) is 17.8 Å². The van der Waals surface area contributed by atoms with Gasteiger partial charge in [0.05, 0.1) is 18.3 Å². The first-order chi connectivity index (χ1) is 11.2. The molecule has 0 bridgehead atoms. The van der Waals surface area contributed by atoms with Gasteiger partial charge < -0.3 is 14.5 Å². The maximum Gasteiger partial charge on any atom is 0.328 e. The maximum absolute atomic E-state index is 11.8. The van der Waals surface area contributed by atoms with E-state index >= 15 is 0 Å². The number of nitrogens with zero attached hydrogens (tertiary/aromatic N) is 3. The largest absolute Gasteiger partial charge is 0.467 e. The number of furan rings is 1. The van der Waals surface area contributed by atoms with Gasteiger partial charge in [0, 0.05) is 0 Å². The van der Waals surface area contributed by atoms with Gasteiger partial charge in [-0.3, -0.25) is 9.59 Å². The fraction of sp³-hybridized carbons (Fsp3) is 0.200. The number of para-hydroxylation sites is 1. The van der Waals surface area contributed by atoms with Crippen molar-refractivity contribution in [1.82, 2.24) is 20.3 Å². The van der Waals surface area contributed by atoms with Gasteiger partial charge in [-0.1, -0.05) is 17.3 Å². The topological polar surface area (TPSA) is 99.3 Å². The minimum Gasteiger partial charge on any atom is -0.467 e. The van der Waals surface area contributed by atoms with E-state index in [0.717, 1.165) is 5.52 Å². The van der Waals surface area contributed by atoms with Crippen molar-refractivity contribution in [1.29, 1.82) is 0 Å². The fourth-order valence-corrected chi connectivity index (χ4v) is 2.00. The zero-order valence-corrected chi connectivity index (χ0v) is 12.1. The molecule has 0 saturated carbocycles. The van der Waals surface area contributed by atoms with Crippen LogP contribution in [0.5, 0.6) is 0 Å². The predicted octanol–water partition coefficient (Wildman–Crippen LogP) is 0.884. The number of nitrogens with one attached hydrogen (secondary N) is 1. The standard InChI is InChI=1S/C15H14N4O4/c20-14(16-8-11-4-3-7-22-11)10-23-15(21)9-19-13-6-2-1-5-12(13)17-18-19/h1-7H,8-10H2,(H,16,20). The molecule has 0 aliphatic rings. The molecule has 2 heterocycles. The van der Waals surface area contributed by atoms with Crippen LogP contribution in [-0.4, -0.2) is 33.5 Å². The average molecular weight is 314 g/mol. The summed E-state index contributed by atoms with van der Waals surface area (Å²) >= 11 is 0. The molecule has 1 N–H and O–H groups in total. The van der Waals surface area contributed by atoms with Crippen molar-refractivity contribution in [3.63, 3.8) is 0 Å². The number of aromatic nitrogens is 3. The van der Waals surface area contributed by atoms with Gasteiger partial charge in [0.25, 0.3) is 5.91 Å². The molecule has 0 unspecified atom stereocenters. The SMILES string of the molecule is O=C(COC(=O)Cn1nnc2ccccc21)NCc1ccco1. The smallest absolute Gasteiger partial charge is 0.328 e. The molecule has 0 fully saturated rings. The number of esters is 1. The Hall–Kier alpha value is -3.16. The van der Waals surface area contributed by atoms with Crippen molar-refractivity contribution < 1.29 is 18.7 Å². The number of ether oxygens (including phenoxy) is 1. The molecule has 0 atom stereocenters. The van der Waals surface area contributed by atoms with Crippen LogP contribution in [0.4, 0.5) is 0 Å². The van der Waals surface area contributed by atoms with Gasteiger partial charge in [-0.25, -0.2) is 4.68 Å². The fourth-order valence-electron chi connectivity index (χ4n) is 2.00. The highest BCUT2D eigenvalue weighted by atomic mass is 16.5. The predicted molar refractivity (Wildman–Crippen MR) is 79.0 cm³/mol. The van der Waals surface area contributed by atoms with Crippen LogP contribution < -0.4 is 5.32 Å². The Balaban J connectivity index is 1.47. The van der Waals surface area contributed by atoms with Gasteiger partial charge in [-0.05, 0) is 24.3 Å². The number of hydrogen-bond donors (Lipinski definition) is 1. The molecule has 118 valence electrons. The number of benzene rings is 1. The lowest BCUT2D eigenvalue weighted by atomic mass is 10.3. The lowest BCUT2D eigenvalue weighted by Crippen LogP contribution is -2.29. The Bertz CT molecular complexity index is 810. The second-order valence-electron chi connectivity index (χ2n) is 4.75. The molecule has 1 amide bonds. The van der Waals surface area contributed by atoms with E-state index in [2.05, 4.69) is 15.6 Å². The summed E-state index contributed by atoms with van der Waals surface area (Å²) < 4.78 is 11.4. The summed E-state index contributed by atoms with van der Waals surface area (Å²) in [5.41, 5.74) is 1.42. The monoisotopic (exact) mass is 314 g/mol. The number of carbonyl (C=O) groups excluding carboxylic acids is 2. The van der Waals surface area contributed by atoms with Gasteiger partial charge in [-0.15, -0.1) is 5.10 Å². The molecule has 0 spiro atoms. The van der Waals surface area contributed by atoms with Crippen molar-refractivity contribution in [2.45, 2.75) is 13.1 Å². The summed E-state index contributed by atoms with van der Waals surface area (Å²) in [6.45, 7) is -0.213. The molecule has 1 aromatic carbocycles. The molecule has 8 heteroatoms. The van der Waals surface area contributed by atoms with Gasteiger partial charge in [0.2, 0.25) is 0 Å². The first-order valence-corrected chi connectivity index (χ1v) is 6.95. The Morgan fingerprint density at radius 2 is 2.09 bits per heavy atom. The Labute approximate surface area is 131 Å². The van der Waals surface area contributed by atoms with Gasteiger partial charge in [-0.2, -0.15) is 0 Å². The lowest BCUT2D eigenvalue weighted by Gasteiger charge is -2.06. The lowest BCUT2D eigenvalue weighted by molar-refractivity contribution is -0.149. The minimum absolute atomic E-state index is 0.105. The van der Waals surface area contributed by atoms with E-state index in [1.165, 1.54) is 10.9 Å². The second-order valence-corrected chi connectivity index (χ2v) is 4.75. The van der Waals surface area contributed by atoms with Crippen molar-refractivity contribution in [2.24, 2.45) is 0 Å². The molecule has 3 aromatic rings. The second kappa shape index (κ2) is 6.73. The van der Waals surface area contributed by atoms with Crippen LogP contribution in [0.15, 0.2) is 47.1 Å².